The average molecular weight is 291 g/mol. The van der Waals surface area contributed by atoms with Crippen LogP contribution in [0.4, 0.5) is 13.2 Å². The first-order valence-electron chi connectivity index (χ1n) is 6.37. The van der Waals surface area contributed by atoms with E-state index in [1.165, 1.54) is 0 Å². The van der Waals surface area contributed by atoms with Crippen LogP contribution in [0.25, 0.3) is 0 Å². The van der Waals surface area contributed by atoms with Gasteiger partial charge in [-0.05, 0) is 5.56 Å². The molecular formula is C14H20F3NO2. The van der Waals surface area contributed by atoms with Crippen LogP contribution < -0.4 is 0 Å². The van der Waals surface area contributed by atoms with Crippen molar-refractivity contribution in [1.82, 2.24) is 4.90 Å². The predicted molar refractivity (Wildman–Crippen MR) is 70.5 cm³/mol. The van der Waals surface area contributed by atoms with Crippen LogP contribution in [0.1, 0.15) is 12.5 Å². The number of alkyl halides is 3. The minimum absolute atomic E-state index is 0.0214. The number of hydrogen-bond donors (Lipinski definition) is 2. The minimum Gasteiger partial charge on any atom is -0.395 e. The van der Waals surface area contributed by atoms with E-state index in [0.29, 0.717) is 0 Å². The lowest BCUT2D eigenvalue weighted by Gasteiger charge is -2.34. The molecule has 2 N–H and O–H groups in total. The monoisotopic (exact) mass is 291 g/mol. The Balaban J connectivity index is 2.88. The molecule has 0 spiro atoms. The zero-order valence-electron chi connectivity index (χ0n) is 11.4. The second-order valence-corrected chi connectivity index (χ2v) is 5.13. The number of halogens is 3. The standard InChI is InChI=1S/C14H20F3NO2/c1-13(11-20,12-5-3-2-4-6-12)9-18(7-8-19)10-14(15,16)17/h2-6,19-20H,7-11H2,1H3. The number of aliphatic hydroxyl groups excluding tert-OH is 2. The molecule has 0 heterocycles. The van der Waals surface area contributed by atoms with Gasteiger partial charge in [-0.3, -0.25) is 4.90 Å². The van der Waals surface area contributed by atoms with Crippen LogP contribution in [0.2, 0.25) is 0 Å². The third kappa shape index (κ3) is 5.11. The first-order valence-corrected chi connectivity index (χ1v) is 6.37. The van der Waals surface area contributed by atoms with Crippen LogP contribution in [0.15, 0.2) is 30.3 Å². The topological polar surface area (TPSA) is 43.7 Å². The molecule has 0 saturated carbocycles. The van der Waals surface area contributed by atoms with Crippen LogP contribution in [0, 0.1) is 0 Å². The van der Waals surface area contributed by atoms with Crippen molar-refractivity contribution in [3.05, 3.63) is 35.9 Å². The van der Waals surface area contributed by atoms with Crippen LogP contribution in [-0.2, 0) is 5.41 Å². The molecule has 1 aromatic rings. The molecule has 1 rings (SSSR count). The maximum absolute atomic E-state index is 12.5. The highest BCUT2D eigenvalue weighted by Gasteiger charge is 2.35. The molecule has 20 heavy (non-hydrogen) atoms. The summed E-state index contributed by atoms with van der Waals surface area (Å²) in [5, 5.41) is 18.5. The summed E-state index contributed by atoms with van der Waals surface area (Å²) in [6.45, 7) is -0.0717. The highest BCUT2D eigenvalue weighted by Crippen LogP contribution is 2.26. The Bertz CT molecular complexity index is 397. The van der Waals surface area contributed by atoms with Gasteiger partial charge in [0.05, 0.1) is 19.8 Å². The molecule has 0 aromatic heterocycles. The maximum Gasteiger partial charge on any atom is 0.401 e. The number of nitrogens with zero attached hydrogens (tertiary/aromatic N) is 1. The molecule has 0 aliphatic carbocycles. The molecular weight excluding hydrogens is 271 g/mol. The molecule has 1 unspecified atom stereocenters. The van der Waals surface area contributed by atoms with Crippen molar-refractivity contribution in [2.75, 3.05) is 32.8 Å². The molecule has 0 radical (unpaired) electrons. The Morgan fingerprint density at radius 2 is 1.65 bits per heavy atom. The van der Waals surface area contributed by atoms with E-state index in [4.69, 9.17) is 5.11 Å². The van der Waals surface area contributed by atoms with Crippen molar-refractivity contribution in [2.24, 2.45) is 0 Å². The van der Waals surface area contributed by atoms with Crippen molar-refractivity contribution in [2.45, 2.75) is 18.5 Å². The number of aliphatic hydroxyl groups is 2. The Morgan fingerprint density at radius 3 is 2.10 bits per heavy atom. The van der Waals surface area contributed by atoms with Crippen molar-refractivity contribution in [1.29, 1.82) is 0 Å². The van der Waals surface area contributed by atoms with Gasteiger partial charge in [0.2, 0.25) is 0 Å². The summed E-state index contributed by atoms with van der Waals surface area (Å²) in [5.41, 5.74) is -0.0329. The van der Waals surface area contributed by atoms with Gasteiger partial charge in [-0.1, -0.05) is 37.3 Å². The van der Waals surface area contributed by atoms with Gasteiger partial charge in [-0.2, -0.15) is 13.2 Å². The van der Waals surface area contributed by atoms with Gasteiger partial charge in [0, 0.05) is 18.5 Å². The Hall–Kier alpha value is -1.11. The fraction of sp³-hybridized carbons (Fsp3) is 0.571. The highest BCUT2D eigenvalue weighted by atomic mass is 19.4. The quantitative estimate of drug-likeness (QED) is 0.805. The molecule has 0 bridgehead atoms. The van der Waals surface area contributed by atoms with E-state index in [-0.39, 0.29) is 26.3 Å². The number of rotatable bonds is 7. The number of benzene rings is 1. The molecule has 0 saturated heterocycles. The van der Waals surface area contributed by atoms with Gasteiger partial charge < -0.3 is 10.2 Å². The Morgan fingerprint density at radius 1 is 1.05 bits per heavy atom. The summed E-state index contributed by atoms with van der Waals surface area (Å²) in [6, 6.07) is 8.93. The largest absolute Gasteiger partial charge is 0.401 e. The Labute approximate surface area is 116 Å². The first kappa shape index (κ1) is 16.9. The lowest BCUT2D eigenvalue weighted by Crippen LogP contribution is -2.46. The van der Waals surface area contributed by atoms with Crippen LogP contribution in [0.5, 0.6) is 0 Å². The molecule has 0 fully saturated rings. The fourth-order valence-corrected chi connectivity index (χ4v) is 2.18. The summed E-state index contributed by atoms with van der Waals surface area (Å²) in [7, 11) is 0. The first-order chi connectivity index (χ1) is 9.30. The van der Waals surface area contributed by atoms with E-state index in [1.807, 2.05) is 6.07 Å². The lowest BCUT2D eigenvalue weighted by atomic mass is 9.82. The maximum atomic E-state index is 12.5. The summed E-state index contributed by atoms with van der Waals surface area (Å²) >= 11 is 0. The third-order valence-corrected chi connectivity index (χ3v) is 3.21. The molecule has 3 nitrogen and oxygen atoms in total. The zero-order chi connectivity index (χ0) is 15.2. The zero-order valence-corrected chi connectivity index (χ0v) is 11.4. The van der Waals surface area contributed by atoms with Gasteiger partial charge in [-0.15, -0.1) is 0 Å². The van der Waals surface area contributed by atoms with E-state index < -0.39 is 18.1 Å². The van der Waals surface area contributed by atoms with E-state index in [0.717, 1.165) is 10.5 Å². The second-order valence-electron chi connectivity index (χ2n) is 5.13. The predicted octanol–water partition coefficient (Wildman–Crippen LogP) is 1.79. The minimum atomic E-state index is -4.33. The van der Waals surface area contributed by atoms with Crippen molar-refractivity contribution in [3.63, 3.8) is 0 Å². The van der Waals surface area contributed by atoms with Crippen molar-refractivity contribution >= 4 is 0 Å². The molecule has 1 atom stereocenters. The molecule has 0 aliphatic heterocycles. The molecule has 1 aromatic carbocycles. The van der Waals surface area contributed by atoms with E-state index in [2.05, 4.69) is 0 Å². The molecule has 0 aliphatic rings. The van der Waals surface area contributed by atoms with E-state index in [1.54, 1.807) is 31.2 Å². The lowest BCUT2D eigenvalue weighted by molar-refractivity contribution is -0.148. The molecule has 0 amide bonds. The smallest absolute Gasteiger partial charge is 0.395 e. The number of hydrogen-bond acceptors (Lipinski definition) is 3. The highest BCUT2D eigenvalue weighted by molar-refractivity contribution is 5.25. The third-order valence-electron chi connectivity index (χ3n) is 3.21. The van der Waals surface area contributed by atoms with Gasteiger partial charge in [0.1, 0.15) is 0 Å². The van der Waals surface area contributed by atoms with Gasteiger partial charge in [0.15, 0.2) is 0 Å². The van der Waals surface area contributed by atoms with E-state index in [9.17, 15) is 18.3 Å². The molecule has 6 heteroatoms. The van der Waals surface area contributed by atoms with Gasteiger partial charge in [0.25, 0.3) is 0 Å². The van der Waals surface area contributed by atoms with Crippen LogP contribution in [0.3, 0.4) is 0 Å². The van der Waals surface area contributed by atoms with Crippen molar-refractivity contribution < 1.29 is 23.4 Å². The Kier molecular flexibility index (Phi) is 5.98. The van der Waals surface area contributed by atoms with E-state index >= 15 is 0 Å². The van der Waals surface area contributed by atoms with Gasteiger partial charge in [-0.25, -0.2) is 0 Å². The molecule has 114 valence electrons. The fourth-order valence-electron chi connectivity index (χ4n) is 2.18. The summed E-state index contributed by atoms with van der Waals surface area (Å²) < 4.78 is 37.6. The normalized spacial score (nSPS) is 15.3. The average Bonchev–Trinajstić information content (AvgIpc) is 2.38. The SMILES string of the molecule is CC(CO)(CN(CCO)CC(F)(F)F)c1ccccc1. The van der Waals surface area contributed by atoms with Crippen LogP contribution in [-0.4, -0.2) is 54.1 Å². The summed E-state index contributed by atoms with van der Waals surface area (Å²) in [4.78, 5) is 1.11. The summed E-state index contributed by atoms with van der Waals surface area (Å²) in [6.07, 6.45) is -4.33. The van der Waals surface area contributed by atoms with Crippen molar-refractivity contribution in [3.8, 4) is 0 Å². The van der Waals surface area contributed by atoms with Crippen LogP contribution >= 0.6 is 0 Å². The second kappa shape index (κ2) is 7.06. The van der Waals surface area contributed by atoms with Gasteiger partial charge >= 0.3 is 6.18 Å². The summed E-state index contributed by atoms with van der Waals surface area (Å²) in [5.74, 6) is 0.